The molecule has 1 amide bonds. The number of nitrogens with one attached hydrogen (secondary N) is 1. The van der Waals surface area contributed by atoms with E-state index >= 15 is 0 Å². The van der Waals surface area contributed by atoms with Gasteiger partial charge in [-0.2, -0.15) is 0 Å². The molecule has 21 heavy (non-hydrogen) atoms. The van der Waals surface area contributed by atoms with E-state index in [1.165, 1.54) is 9.75 Å². The van der Waals surface area contributed by atoms with Crippen molar-refractivity contribution >= 4 is 23.2 Å². The van der Waals surface area contributed by atoms with Crippen LogP contribution in [0.5, 0.6) is 0 Å². The van der Waals surface area contributed by atoms with Gasteiger partial charge in [-0.1, -0.05) is 13.8 Å². The lowest BCUT2D eigenvalue weighted by atomic mass is 9.79. The number of carbonyl (C=O) groups is 2. The van der Waals surface area contributed by atoms with Crippen LogP contribution in [0.25, 0.3) is 0 Å². The van der Waals surface area contributed by atoms with Gasteiger partial charge in [-0.3, -0.25) is 9.59 Å². The minimum absolute atomic E-state index is 0.00996. The maximum atomic E-state index is 12.1. The van der Waals surface area contributed by atoms with Gasteiger partial charge in [-0.05, 0) is 38.8 Å². The van der Waals surface area contributed by atoms with Crippen LogP contribution in [0.3, 0.4) is 0 Å². The molecule has 0 aromatic carbocycles. The summed E-state index contributed by atoms with van der Waals surface area (Å²) in [6.07, 6.45) is 1.75. The van der Waals surface area contributed by atoms with Crippen LogP contribution < -0.4 is 5.32 Å². The first-order chi connectivity index (χ1) is 9.82. The Kier molecular flexibility index (Phi) is 6.40. The number of aliphatic carboxylic acids is 1. The van der Waals surface area contributed by atoms with E-state index in [9.17, 15) is 14.7 Å². The third-order valence-corrected chi connectivity index (χ3v) is 5.04. The van der Waals surface area contributed by atoms with Gasteiger partial charge in [0.15, 0.2) is 0 Å². The molecule has 1 aromatic heterocycles. The van der Waals surface area contributed by atoms with Gasteiger partial charge in [-0.15, -0.1) is 11.3 Å². The zero-order valence-electron chi connectivity index (χ0n) is 13.2. The first-order valence-corrected chi connectivity index (χ1v) is 8.22. The van der Waals surface area contributed by atoms with Crippen LogP contribution in [-0.4, -0.2) is 23.0 Å². The van der Waals surface area contributed by atoms with Crippen molar-refractivity contribution in [3.63, 3.8) is 0 Å². The van der Waals surface area contributed by atoms with Crippen molar-refractivity contribution < 1.29 is 14.7 Å². The van der Waals surface area contributed by atoms with Crippen molar-refractivity contribution in [3.8, 4) is 0 Å². The Morgan fingerprint density at radius 3 is 2.38 bits per heavy atom. The Morgan fingerprint density at radius 1 is 1.33 bits per heavy atom. The van der Waals surface area contributed by atoms with Crippen LogP contribution in [0.4, 0.5) is 0 Å². The minimum atomic E-state index is -0.941. The second-order valence-electron chi connectivity index (χ2n) is 5.65. The van der Waals surface area contributed by atoms with Gasteiger partial charge < -0.3 is 10.4 Å². The topological polar surface area (TPSA) is 66.4 Å². The fourth-order valence-corrected chi connectivity index (χ4v) is 3.48. The van der Waals surface area contributed by atoms with E-state index in [1.807, 2.05) is 20.8 Å². The summed E-state index contributed by atoms with van der Waals surface area (Å²) < 4.78 is 0. The van der Waals surface area contributed by atoms with E-state index in [1.54, 1.807) is 11.3 Å². The lowest BCUT2D eigenvalue weighted by Gasteiger charge is -2.26. The fraction of sp³-hybridized carbons (Fsp3) is 0.625. The first-order valence-electron chi connectivity index (χ1n) is 7.41. The molecule has 0 aliphatic heterocycles. The second kappa shape index (κ2) is 7.59. The normalized spacial score (nSPS) is 13.0. The Balaban J connectivity index is 2.57. The molecule has 5 heteroatoms. The van der Waals surface area contributed by atoms with Crippen LogP contribution in [-0.2, 0) is 16.0 Å². The van der Waals surface area contributed by atoms with Crippen LogP contribution in [0.2, 0.25) is 0 Å². The predicted molar refractivity (Wildman–Crippen MR) is 85.6 cm³/mol. The average Bonchev–Trinajstić information content (AvgIpc) is 2.80. The van der Waals surface area contributed by atoms with Crippen molar-refractivity contribution in [1.29, 1.82) is 0 Å². The molecule has 1 aromatic rings. The summed E-state index contributed by atoms with van der Waals surface area (Å²) in [5, 5.41) is 12.3. The lowest BCUT2D eigenvalue weighted by Crippen LogP contribution is -2.40. The van der Waals surface area contributed by atoms with Gasteiger partial charge in [0.1, 0.15) is 0 Å². The van der Waals surface area contributed by atoms with Gasteiger partial charge in [0, 0.05) is 28.6 Å². The molecule has 2 N–H and O–H groups in total. The number of carboxylic acid groups (broad SMARTS) is 1. The molecule has 0 aliphatic carbocycles. The van der Waals surface area contributed by atoms with Crippen LogP contribution >= 0.6 is 11.3 Å². The van der Waals surface area contributed by atoms with Crippen molar-refractivity contribution in [1.82, 2.24) is 5.32 Å². The van der Waals surface area contributed by atoms with E-state index in [0.717, 1.165) is 6.42 Å². The van der Waals surface area contributed by atoms with E-state index in [-0.39, 0.29) is 18.4 Å². The number of rotatable bonds is 8. The first kappa shape index (κ1) is 17.7. The monoisotopic (exact) mass is 311 g/mol. The Morgan fingerprint density at radius 2 is 1.95 bits per heavy atom. The number of amides is 1. The molecule has 0 saturated heterocycles. The number of thiophene rings is 1. The Hall–Kier alpha value is -1.36. The van der Waals surface area contributed by atoms with Gasteiger partial charge >= 0.3 is 5.97 Å². The highest BCUT2D eigenvalue weighted by Gasteiger charge is 2.37. The highest BCUT2D eigenvalue weighted by atomic mass is 32.1. The molecule has 0 radical (unpaired) electrons. The SMILES string of the molecule is CCC(CC)(CC(=O)NC(C)Cc1ccc(C)s1)C(=O)O. The average molecular weight is 311 g/mol. The number of aryl methyl sites for hydroxylation is 1. The molecular weight excluding hydrogens is 286 g/mol. The zero-order chi connectivity index (χ0) is 16.0. The quantitative estimate of drug-likeness (QED) is 0.773. The highest BCUT2D eigenvalue weighted by molar-refractivity contribution is 7.11. The summed E-state index contributed by atoms with van der Waals surface area (Å²) in [5.41, 5.74) is -0.941. The summed E-state index contributed by atoms with van der Waals surface area (Å²) in [5.74, 6) is -1.06. The van der Waals surface area contributed by atoms with Crippen LogP contribution in [0.15, 0.2) is 12.1 Å². The van der Waals surface area contributed by atoms with Crippen molar-refractivity contribution in [2.24, 2.45) is 5.41 Å². The number of carboxylic acids is 1. The number of hydrogen-bond acceptors (Lipinski definition) is 3. The van der Waals surface area contributed by atoms with E-state index < -0.39 is 11.4 Å². The molecule has 0 saturated carbocycles. The van der Waals surface area contributed by atoms with Gasteiger partial charge in [-0.25, -0.2) is 0 Å². The summed E-state index contributed by atoms with van der Waals surface area (Å²) in [7, 11) is 0. The third-order valence-electron chi connectivity index (χ3n) is 4.02. The fourth-order valence-electron chi connectivity index (χ4n) is 2.46. The summed E-state index contributed by atoms with van der Waals surface area (Å²) in [4.78, 5) is 26.0. The number of hydrogen-bond donors (Lipinski definition) is 2. The minimum Gasteiger partial charge on any atom is -0.481 e. The van der Waals surface area contributed by atoms with E-state index in [4.69, 9.17) is 0 Å². The molecule has 118 valence electrons. The number of carbonyl (C=O) groups excluding carboxylic acids is 1. The highest BCUT2D eigenvalue weighted by Crippen LogP contribution is 2.31. The van der Waals surface area contributed by atoms with Gasteiger partial charge in [0.05, 0.1) is 5.41 Å². The third kappa shape index (κ3) is 4.84. The van der Waals surface area contributed by atoms with Gasteiger partial charge in [0.25, 0.3) is 0 Å². The summed E-state index contributed by atoms with van der Waals surface area (Å²) in [6.45, 7) is 7.65. The molecule has 0 fully saturated rings. The lowest BCUT2D eigenvalue weighted by molar-refractivity contribution is -0.152. The predicted octanol–water partition coefficient (Wildman–Crippen LogP) is 3.38. The van der Waals surface area contributed by atoms with Crippen molar-refractivity contribution in [3.05, 3.63) is 21.9 Å². The van der Waals surface area contributed by atoms with Crippen LogP contribution in [0.1, 0.15) is 49.8 Å². The molecule has 1 heterocycles. The summed E-state index contributed by atoms with van der Waals surface area (Å²) >= 11 is 1.72. The molecular formula is C16H25NO3S. The van der Waals surface area contributed by atoms with Gasteiger partial charge in [0.2, 0.25) is 5.91 Å². The molecule has 1 rings (SSSR count). The maximum Gasteiger partial charge on any atom is 0.310 e. The van der Waals surface area contributed by atoms with Crippen molar-refractivity contribution in [2.45, 2.75) is 59.4 Å². The summed E-state index contributed by atoms with van der Waals surface area (Å²) in [6, 6.07) is 4.15. The molecule has 0 spiro atoms. The van der Waals surface area contributed by atoms with E-state index in [0.29, 0.717) is 12.8 Å². The van der Waals surface area contributed by atoms with Crippen LogP contribution in [0, 0.1) is 12.3 Å². The van der Waals surface area contributed by atoms with Crippen molar-refractivity contribution in [2.75, 3.05) is 0 Å². The molecule has 4 nitrogen and oxygen atoms in total. The maximum absolute atomic E-state index is 12.1. The molecule has 1 unspecified atom stereocenters. The molecule has 1 atom stereocenters. The van der Waals surface area contributed by atoms with E-state index in [2.05, 4.69) is 24.4 Å². The Bertz CT molecular complexity index is 491. The zero-order valence-corrected chi connectivity index (χ0v) is 14.0. The second-order valence-corrected chi connectivity index (χ2v) is 7.03. The standard InChI is InChI=1S/C16H25NO3S/c1-5-16(6-2,15(19)20)10-14(18)17-11(3)9-13-8-7-12(4)21-13/h7-8,11H,5-6,9-10H2,1-4H3,(H,17,18)(H,19,20). The molecule has 0 bridgehead atoms. The largest absolute Gasteiger partial charge is 0.481 e. The Labute approximate surface area is 130 Å². The smallest absolute Gasteiger partial charge is 0.310 e. The molecule has 0 aliphatic rings.